The smallest absolute Gasteiger partial charge is 0.276 e. The van der Waals surface area contributed by atoms with Gasteiger partial charge in [0.2, 0.25) is 0 Å². The molecular formula is C14H17N3O5S. The molecule has 0 bridgehead atoms. The predicted octanol–water partition coefficient (Wildman–Crippen LogP) is 0.129. The highest BCUT2D eigenvalue weighted by Gasteiger charge is 2.18. The lowest BCUT2D eigenvalue weighted by Gasteiger charge is -2.11. The molecule has 0 aliphatic carbocycles. The van der Waals surface area contributed by atoms with E-state index >= 15 is 0 Å². The van der Waals surface area contributed by atoms with Crippen LogP contribution in [-0.2, 0) is 25.7 Å². The molecule has 124 valence electrons. The highest BCUT2D eigenvalue weighted by molar-refractivity contribution is 7.85. The number of carbonyl (C=O) groups is 1. The molecule has 9 heteroatoms. The van der Waals surface area contributed by atoms with Crippen LogP contribution in [0.1, 0.15) is 17.5 Å². The van der Waals surface area contributed by atoms with Crippen LogP contribution in [0.4, 0.5) is 0 Å². The van der Waals surface area contributed by atoms with Crippen molar-refractivity contribution in [3.8, 4) is 5.75 Å². The molecule has 8 nitrogen and oxygen atoms in total. The summed E-state index contributed by atoms with van der Waals surface area (Å²) in [6.07, 6.45) is 2.93. The van der Waals surface area contributed by atoms with Crippen molar-refractivity contribution >= 4 is 28.1 Å². The Bertz CT molecular complexity index is 780. The summed E-state index contributed by atoms with van der Waals surface area (Å²) in [4.78, 5) is 15.5. The van der Waals surface area contributed by atoms with E-state index in [-0.39, 0.29) is 19.2 Å². The molecule has 0 fully saturated rings. The fraction of sp³-hybridized carbons (Fsp3) is 0.286. The lowest BCUT2D eigenvalue weighted by Crippen LogP contribution is -2.24. The number of amides is 1. The van der Waals surface area contributed by atoms with Gasteiger partial charge < -0.3 is 16.2 Å². The van der Waals surface area contributed by atoms with Crippen molar-refractivity contribution in [3.05, 3.63) is 34.9 Å². The number of ether oxygens (including phenoxy) is 1. The van der Waals surface area contributed by atoms with Gasteiger partial charge in [0.25, 0.3) is 16.0 Å². The van der Waals surface area contributed by atoms with E-state index in [1.165, 1.54) is 0 Å². The molecule has 0 unspecified atom stereocenters. The number of hydrogen-bond donors (Lipinski definition) is 2. The Labute approximate surface area is 133 Å². The van der Waals surface area contributed by atoms with Crippen molar-refractivity contribution in [2.75, 3.05) is 12.9 Å². The molecule has 0 atom stereocenters. The van der Waals surface area contributed by atoms with Gasteiger partial charge in [0.1, 0.15) is 5.75 Å². The highest BCUT2D eigenvalue weighted by atomic mass is 32.2. The summed E-state index contributed by atoms with van der Waals surface area (Å²) in [5.41, 5.74) is 12.0. The van der Waals surface area contributed by atoms with Crippen molar-refractivity contribution < 1.29 is 22.1 Å². The van der Waals surface area contributed by atoms with Gasteiger partial charge in [-0.2, -0.15) is 13.4 Å². The van der Waals surface area contributed by atoms with Gasteiger partial charge in [-0.3, -0.25) is 8.98 Å². The van der Waals surface area contributed by atoms with E-state index in [0.29, 0.717) is 28.9 Å². The van der Waals surface area contributed by atoms with Crippen molar-refractivity contribution in [1.82, 2.24) is 0 Å². The van der Waals surface area contributed by atoms with Crippen LogP contribution < -0.4 is 16.2 Å². The van der Waals surface area contributed by atoms with Gasteiger partial charge in [-0.05, 0) is 6.08 Å². The van der Waals surface area contributed by atoms with Gasteiger partial charge in [-0.15, -0.1) is 0 Å². The van der Waals surface area contributed by atoms with E-state index in [2.05, 4.69) is 4.99 Å². The Morgan fingerprint density at radius 2 is 2.13 bits per heavy atom. The molecule has 4 N–H and O–H groups in total. The second-order valence-corrected chi connectivity index (χ2v) is 6.56. The van der Waals surface area contributed by atoms with Crippen LogP contribution >= 0.6 is 0 Å². The number of fused-ring (bicyclic) bond motifs is 1. The van der Waals surface area contributed by atoms with Crippen molar-refractivity contribution in [2.24, 2.45) is 16.5 Å². The van der Waals surface area contributed by atoms with Crippen LogP contribution in [0.2, 0.25) is 0 Å². The number of hydrogen-bond acceptors (Lipinski definition) is 5. The Balaban J connectivity index is 2.34. The molecule has 0 aromatic heterocycles. The predicted molar refractivity (Wildman–Crippen MR) is 85.0 cm³/mol. The second-order valence-electron chi connectivity index (χ2n) is 4.91. The third-order valence-electron chi connectivity index (χ3n) is 3.01. The Morgan fingerprint density at radius 3 is 2.78 bits per heavy atom. The Hall–Kier alpha value is -2.39. The molecule has 1 aromatic rings. The molecule has 0 radical (unpaired) electrons. The molecule has 1 heterocycles. The maximum atomic E-state index is 11.9. The number of nitrogens with zero attached hydrogens (tertiary/aromatic N) is 1. The molecule has 23 heavy (non-hydrogen) atoms. The molecule has 1 aliphatic heterocycles. The minimum absolute atomic E-state index is 0.146. The molecular weight excluding hydrogens is 322 g/mol. The first kappa shape index (κ1) is 17.0. The lowest BCUT2D eigenvalue weighted by atomic mass is 10.1. The van der Waals surface area contributed by atoms with Gasteiger partial charge in [0.05, 0.1) is 19.5 Å². The number of nitrogens with two attached hydrogens (primary N) is 2. The number of aliphatic imine (C=N–C) groups is 1. The summed E-state index contributed by atoms with van der Waals surface area (Å²) in [7, 11) is -3.57. The first-order chi connectivity index (χ1) is 10.8. The van der Waals surface area contributed by atoms with Crippen LogP contribution in [0.25, 0.3) is 6.08 Å². The quantitative estimate of drug-likeness (QED) is 0.452. The lowest BCUT2D eigenvalue weighted by molar-refractivity contribution is -0.114. The zero-order valence-corrected chi connectivity index (χ0v) is 13.3. The minimum atomic E-state index is -3.57. The molecule has 1 aliphatic rings. The molecule has 0 saturated heterocycles. The summed E-state index contributed by atoms with van der Waals surface area (Å²) in [6, 6.07) is 5.15. The first-order valence-corrected chi connectivity index (χ1v) is 8.51. The summed E-state index contributed by atoms with van der Waals surface area (Å²) in [6.45, 7) is 0.0908. The van der Waals surface area contributed by atoms with E-state index < -0.39 is 16.0 Å². The van der Waals surface area contributed by atoms with Crippen LogP contribution in [0.5, 0.6) is 5.75 Å². The number of guanidine groups is 1. The first-order valence-electron chi connectivity index (χ1n) is 6.70. The number of benzene rings is 1. The van der Waals surface area contributed by atoms with Gasteiger partial charge in [-0.25, -0.2) is 0 Å². The topological polar surface area (TPSA) is 134 Å². The summed E-state index contributed by atoms with van der Waals surface area (Å²) < 4.78 is 32.7. The Morgan fingerprint density at radius 1 is 1.39 bits per heavy atom. The van der Waals surface area contributed by atoms with Gasteiger partial charge in [-0.1, -0.05) is 18.2 Å². The minimum Gasteiger partial charge on any atom is -0.492 e. The third kappa shape index (κ3) is 4.80. The summed E-state index contributed by atoms with van der Waals surface area (Å²) in [5.74, 6) is -0.362. The fourth-order valence-corrected chi connectivity index (χ4v) is 2.40. The largest absolute Gasteiger partial charge is 0.492 e. The van der Waals surface area contributed by atoms with Crippen molar-refractivity contribution in [2.45, 2.75) is 13.0 Å². The molecule has 2 rings (SSSR count). The zero-order chi connectivity index (χ0) is 17.0. The molecule has 1 amide bonds. The van der Waals surface area contributed by atoms with Crippen LogP contribution in [-0.4, -0.2) is 33.1 Å². The standard InChI is InChI=1S/C14H17N3O5S/c1-23(19,20)22-8-11-4-2-3-9-7-10(5-6-21-12(9)11)13(18)17-14(15)16/h2-4,7H,5-6,8H2,1H3,(H4,15,16,17,18). The van der Waals surface area contributed by atoms with Crippen LogP contribution in [0, 0.1) is 0 Å². The molecule has 0 saturated carbocycles. The highest BCUT2D eigenvalue weighted by Crippen LogP contribution is 2.30. The van der Waals surface area contributed by atoms with Gasteiger partial charge >= 0.3 is 0 Å². The van der Waals surface area contributed by atoms with E-state index in [0.717, 1.165) is 6.26 Å². The maximum absolute atomic E-state index is 11.9. The van der Waals surface area contributed by atoms with Gasteiger partial charge in [0, 0.05) is 23.1 Å². The molecule has 0 spiro atoms. The van der Waals surface area contributed by atoms with E-state index in [9.17, 15) is 13.2 Å². The monoisotopic (exact) mass is 339 g/mol. The van der Waals surface area contributed by atoms with Crippen LogP contribution in [0.15, 0.2) is 28.8 Å². The van der Waals surface area contributed by atoms with E-state index in [4.69, 9.17) is 20.4 Å². The maximum Gasteiger partial charge on any atom is 0.276 e. The Kier molecular flexibility index (Phi) is 5.02. The van der Waals surface area contributed by atoms with E-state index in [1.54, 1.807) is 24.3 Å². The second kappa shape index (κ2) is 6.80. The average molecular weight is 339 g/mol. The number of para-hydroxylation sites is 1. The summed E-state index contributed by atoms with van der Waals surface area (Å²) >= 11 is 0. The van der Waals surface area contributed by atoms with Crippen molar-refractivity contribution in [3.63, 3.8) is 0 Å². The fourth-order valence-electron chi connectivity index (χ4n) is 2.06. The third-order valence-corrected chi connectivity index (χ3v) is 3.55. The van der Waals surface area contributed by atoms with Crippen molar-refractivity contribution in [1.29, 1.82) is 0 Å². The number of rotatable bonds is 4. The molecule has 1 aromatic carbocycles. The van der Waals surface area contributed by atoms with Gasteiger partial charge in [0.15, 0.2) is 5.96 Å². The summed E-state index contributed by atoms with van der Waals surface area (Å²) in [5, 5.41) is 0. The average Bonchev–Trinajstić information content (AvgIpc) is 2.66. The van der Waals surface area contributed by atoms with Crippen LogP contribution in [0.3, 0.4) is 0 Å². The SMILES string of the molecule is CS(=O)(=O)OCc1cccc2c1OCCC(C(=O)N=C(N)N)=C2. The number of carbonyl (C=O) groups excluding carboxylic acids is 1. The zero-order valence-electron chi connectivity index (χ0n) is 12.5. The normalized spacial score (nSPS) is 14.0. The van der Waals surface area contributed by atoms with E-state index in [1.807, 2.05) is 0 Å².